The Hall–Kier alpha value is -3.39. The second kappa shape index (κ2) is 7.08. The van der Waals surface area contributed by atoms with Crippen molar-refractivity contribution < 1.29 is 9.53 Å². The van der Waals surface area contributed by atoms with Crippen LogP contribution in [-0.2, 0) is 11.5 Å². The van der Waals surface area contributed by atoms with Crippen LogP contribution in [0.5, 0.6) is 0 Å². The van der Waals surface area contributed by atoms with E-state index in [1.807, 2.05) is 37.3 Å². The molecule has 0 aliphatic carbocycles. The summed E-state index contributed by atoms with van der Waals surface area (Å²) in [7, 11) is 0. The zero-order chi connectivity index (χ0) is 18.8. The van der Waals surface area contributed by atoms with E-state index in [9.17, 15) is 9.59 Å². The largest absolute Gasteiger partial charge is 0.438 e. The second-order valence-corrected chi connectivity index (χ2v) is 6.95. The van der Waals surface area contributed by atoms with E-state index >= 15 is 0 Å². The maximum atomic E-state index is 12.6. The molecule has 0 saturated carbocycles. The van der Waals surface area contributed by atoms with Crippen LogP contribution in [0.15, 0.2) is 59.4 Å². The average molecular weight is 378 g/mol. The van der Waals surface area contributed by atoms with Gasteiger partial charge in [0.2, 0.25) is 0 Å². The molecule has 4 aromatic rings. The third-order valence-electron chi connectivity index (χ3n) is 3.91. The first-order valence-electron chi connectivity index (χ1n) is 8.16. The smallest absolute Gasteiger partial charge is 0.352 e. The fourth-order valence-electron chi connectivity index (χ4n) is 2.65. The third kappa shape index (κ3) is 3.34. The summed E-state index contributed by atoms with van der Waals surface area (Å²) in [6.45, 7) is 1.51. The summed E-state index contributed by atoms with van der Waals surface area (Å²) in [4.78, 5) is 29.8. The summed E-state index contributed by atoms with van der Waals surface area (Å²) in [5.74, 6) is -0.554. The fraction of sp³-hybridized carbons (Fsp3) is 0.105. The minimum Gasteiger partial charge on any atom is -0.438 e. The minimum absolute atomic E-state index is 0.319. The number of hydrogen-bond acceptors (Lipinski definition) is 7. The lowest BCUT2D eigenvalue weighted by Gasteiger charge is -2.06. The summed E-state index contributed by atoms with van der Waals surface area (Å²) in [6, 6.07) is 16.3. The molecule has 0 amide bonds. The molecule has 0 N–H and O–H groups in total. The lowest BCUT2D eigenvalue weighted by atomic mass is 10.1. The monoisotopic (exact) mass is 378 g/mol. The van der Waals surface area contributed by atoms with Crippen molar-refractivity contribution >= 4 is 28.2 Å². The highest BCUT2D eigenvalue weighted by atomic mass is 32.1. The van der Waals surface area contributed by atoms with Crippen LogP contribution in [0.3, 0.4) is 0 Å². The molecule has 0 fully saturated rings. The van der Waals surface area contributed by atoms with Crippen molar-refractivity contribution in [1.82, 2.24) is 20.0 Å². The topological polar surface area (TPSA) is 87.0 Å². The Kier molecular flexibility index (Phi) is 4.47. The number of fused-ring (bicyclic) bond motifs is 1. The molecule has 0 atom stereocenters. The number of benzene rings is 2. The molecule has 7 nitrogen and oxygen atoms in total. The van der Waals surface area contributed by atoms with Crippen LogP contribution in [-0.4, -0.2) is 25.9 Å². The van der Waals surface area contributed by atoms with E-state index in [2.05, 4.69) is 15.3 Å². The van der Waals surface area contributed by atoms with Crippen molar-refractivity contribution in [3.63, 3.8) is 0 Å². The maximum Gasteiger partial charge on any atom is 0.352 e. The van der Waals surface area contributed by atoms with Crippen LogP contribution in [0, 0.1) is 6.92 Å². The van der Waals surface area contributed by atoms with Crippen molar-refractivity contribution in [2.75, 3.05) is 0 Å². The van der Waals surface area contributed by atoms with Crippen molar-refractivity contribution in [2.24, 2.45) is 0 Å². The van der Waals surface area contributed by atoms with Gasteiger partial charge in [-0.2, -0.15) is 4.68 Å². The number of rotatable bonds is 4. The Morgan fingerprint density at radius 2 is 1.85 bits per heavy atom. The highest BCUT2D eigenvalue weighted by Crippen LogP contribution is 2.28. The van der Waals surface area contributed by atoms with Crippen LogP contribution in [0.4, 0.5) is 0 Å². The molecule has 0 radical (unpaired) electrons. The highest BCUT2D eigenvalue weighted by molar-refractivity contribution is 7.14. The molecule has 27 heavy (non-hydrogen) atoms. The lowest BCUT2D eigenvalue weighted by molar-refractivity contribution is 0.0342. The molecule has 0 spiro atoms. The molecule has 2 aromatic carbocycles. The Bertz CT molecular complexity index is 1180. The fourth-order valence-corrected chi connectivity index (χ4v) is 3.49. The number of aromatic nitrogens is 4. The maximum absolute atomic E-state index is 12.6. The molecule has 0 saturated heterocycles. The molecule has 0 bridgehead atoms. The Morgan fingerprint density at radius 3 is 2.67 bits per heavy atom. The molecule has 2 aromatic heterocycles. The molecule has 8 heteroatoms. The Morgan fingerprint density at radius 1 is 1.11 bits per heavy atom. The number of aryl methyl sites for hydroxylation is 1. The summed E-state index contributed by atoms with van der Waals surface area (Å²) < 4.78 is 6.34. The molecule has 0 unspecified atom stereocenters. The van der Waals surface area contributed by atoms with E-state index in [0.717, 1.165) is 15.3 Å². The molecule has 134 valence electrons. The zero-order valence-electron chi connectivity index (χ0n) is 14.3. The van der Waals surface area contributed by atoms with Crippen LogP contribution in [0.25, 0.3) is 22.2 Å². The Labute approximate surface area is 157 Å². The van der Waals surface area contributed by atoms with Crippen LogP contribution < -0.4 is 5.56 Å². The molecule has 2 heterocycles. The number of nitrogens with zero attached hydrogens (tertiary/aromatic N) is 4. The normalized spacial score (nSPS) is 10.9. The van der Waals surface area contributed by atoms with Gasteiger partial charge in [0.1, 0.15) is 10.4 Å². The number of carbonyl (C=O) groups is 1. The standard InChI is InChI=1S/C19H14N4O3S/c1-12-20-16(13-7-3-2-4-8-13)17(27-12)19(25)26-11-23-18(24)14-9-5-6-10-15(14)21-22-23/h2-10H,11H2,1H3. The van der Waals surface area contributed by atoms with Gasteiger partial charge in [0.15, 0.2) is 6.73 Å². The summed E-state index contributed by atoms with van der Waals surface area (Å²) in [6.07, 6.45) is 0. The first-order chi connectivity index (χ1) is 13.1. The van der Waals surface area contributed by atoms with Crippen molar-refractivity contribution in [3.8, 4) is 11.3 Å². The van der Waals surface area contributed by atoms with Gasteiger partial charge in [0.05, 0.1) is 16.1 Å². The molecular weight excluding hydrogens is 364 g/mol. The number of thiazole rings is 1. The summed E-state index contributed by atoms with van der Waals surface area (Å²) >= 11 is 1.25. The molecular formula is C19H14N4O3S. The van der Waals surface area contributed by atoms with E-state index in [-0.39, 0.29) is 12.3 Å². The van der Waals surface area contributed by atoms with Crippen LogP contribution in [0.1, 0.15) is 14.7 Å². The molecule has 4 rings (SSSR count). The van der Waals surface area contributed by atoms with Crippen molar-refractivity contribution in [1.29, 1.82) is 0 Å². The van der Waals surface area contributed by atoms with Gasteiger partial charge in [-0.25, -0.2) is 9.78 Å². The zero-order valence-corrected chi connectivity index (χ0v) is 15.1. The van der Waals surface area contributed by atoms with E-state index in [4.69, 9.17) is 4.74 Å². The lowest BCUT2D eigenvalue weighted by Crippen LogP contribution is -2.26. The van der Waals surface area contributed by atoms with Gasteiger partial charge in [-0.3, -0.25) is 4.79 Å². The van der Waals surface area contributed by atoms with Crippen molar-refractivity contribution in [3.05, 3.63) is 74.8 Å². The Balaban J connectivity index is 1.59. The van der Waals surface area contributed by atoms with Gasteiger partial charge >= 0.3 is 5.97 Å². The molecule has 0 aliphatic rings. The first-order valence-corrected chi connectivity index (χ1v) is 8.97. The quantitative estimate of drug-likeness (QED) is 0.507. The van der Waals surface area contributed by atoms with E-state index in [1.54, 1.807) is 24.3 Å². The van der Waals surface area contributed by atoms with Gasteiger partial charge in [-0.1, -0.05) is 47.7 Å². The number of ether oxygens (including phenoxy) is 1. The number of carbonyl (C=O) groups excluding carboxylic acids is 1. The summed E-state index contributed by atoms with van der Waals surface area (Å²) in [5.41, 5.74) is 1.53. The molecule has 0 aliphatic heterocycles. The number of esters is 1. The highest BCUT2D eigenvalue weighted by Gasteiger charge is 2.20. The van der Waals surface area contributed by atoms with Gasteiger partial charge in [0, 0.05) is 5.56 Å². The van der Waals surface area contributed by atoms with E-state index < -0.39 is 5.97 Å². The van der Waals surface area contributed by atoms with Crippen molar-refractivity contribution in [2.45, 2.75) is 13.7 Å². The average Bonchev–Trinajstić information content (AvgIpc) is 3.10. The van der Waals surface area contributed by atoms with Gasteiger partial charge < -0.3 is 4.74 Å². The van der Waals surface area contributed by atoms with Gasteiger partial charge in [0.25, 0.3) is 5.56 Å². The third-order valence-corrected chi connectivity index (χ3v) is 4.86. The minimum atomic E-state index is -0.554. The second-order valence-electron chi connectivity index (χ2n) is 5.75. The van der Waals surface area contributed by atoms with E-state index in [0.29, 0.717) is 21.5 Å². The van der Waals surface area contributed by atoms with E-state index in [1.165, 1.54) is 11.3 Å². The van der Waals surface area contributed by atoms with Gasteiger partial charge in [-0.05, 0) is 19.1 Å². The predicted molar refractivity (Wildman–Crippen MR) is 102 cm³/mol. The van der Waals surface area contributed by atoms with Gasteiger partial charge in [-0.15, -0.1) is 16.4 Å². The number of hydrogen-bond donors (Lipinski definition) is 0. The van der Waals surface area contributed by atoms with Crippen LogP contribution in [0.2, 0.25) is 0 Å². The summed E-state index contributed by atoms with van der Waals surface area (Å²) in [5, 5.41) is 8.97. The first kappa shape index (κ1) is 17.0. The van der Waals surface area contributed by atoms with Crippen LogP contribution >= 0.6 is 11.3 Å². The SMILES string of the molecule is Cc1nc(-c2ccccc2)c(C(=O)OCn2nnc3ccccc3c2=O)s1. The predicted octanol–water partition coefficient (Wildman–Crippen LogP) is 3.04.